The predicted molar refractivity (Wildman–Crippen MR) is 293 cm³/mol. The van der Waals surface area contributed by atoms with Crippen LogP contribution >= 0.6 is 8.53 Å². The van der Waals surface area contributed by atoms with Gasteiger partial charge in [0, 0.05) is 31.0 Å². The molecule has 1 aliphatic rings. The van der Waals surface area contributed by atoms with Crippen LogP contribution < -0.4 is 20.7 Å². The average Bonchev–Trinajstić information content (AvgIpc) is 3.74. The number of allylic oxidation sites excluding steroid dienone is 4. The molecule has 1 aromatic heterocycles. The Labute approximate surface area is 441 Å². The quantitative estimate of drug-likeness (QED) is 0.0199. The monoisotopic (exact) mass is 1040 g/mol. The summed E-state index contributed by atoms with van der Waals surface area (Å²) in [6.07, 6.45) is 21.0. The lowest BCUT2D eigenvalue weighted by Crippen LogP contribution is -2.44. The van der Waals surface area contributed by atoms with Crippen LogP contribution in [0.3, 0.4) is 0 Å². The zero-order valence-corrected chi connectivity index (χ0v) is 45.9. The lowest BCUT2D eigenvalue weighted by molar-refractivity contribution is -0.0997. The second kappa shape index (κ2) is 33.2. The molecule has 1 N–H and O–H groups in total. The normalized spacial score (nSPS) is 17.5. The Morgan fingerprint density at radius 1 is 0.730 bits per heavy atom. The van der Waals surface area contributed by atoms with Crippen LogP contribution in [-0.2, 0) is 33.6 Å². The van der Waals surface area contributed by atoms with Crippen LogP contribution in [0.4, 0.5) is 0 Å². The number of hydrogen-bond acceptors (Lipinski definition) is 12. The molecule has 0 amide bonds. The minimum absolute atomic E-state index is 0.0129. The van der Waals surface area contributed by atoms with Crippen LogP contribution in [0.25, 0.3) is 0 Å². The number of nitriles is 1. The summed E-state index contributed by atoms with van der Waals surface area (Å²) in [5, 5.41) is 9.57. The zero-order valence-electron chi connectivity index (χ0n) is 45.0. The highest BCUT2D eigenvalue weighted by atomic mass is 31.2. The van der Waals surface area contributed by atoms with Gasteiger partial charge in [-0.05, 0) is 107 Å². The maximum Gasteiger partial charge on any atom is 0.330 e. The van der Waals surface area contributed by atoms with Crippen molar-refractivity contribution < 1.29 is 37.5 Å². The molecule has 0 spiro atoms. The van der Waals surface area contributed by atoms with Crippen molar-refractivity contribution in [2.75, 3.05) is 47.3 Å². The van der Waals surface area contributed by atoms with E-state index in [4.69, 9.17) is 37.5 Å². The summed E-state index contributed by atoms with van der Waals surface area (Å²) in [6, 6.07) is 28.9. The van der Waals surface area contributed by atoms with Crippen molar-refractivity contribution in [3.8, 4) is 17.6 Å². The van der Waals surface area contributed by atoms with Gasteiger partial charge in [-0.1, -0.05) is 124 Å². The van der Waals surface area contributed by atoms with E-state index >= 15 is 0 Å². The fourth-order valence-electron chi connectivity index (χ4n) is 9.22. The molecule has 5 rings (SSSR count). The smallest absolute Gasteiger partial charge is 0.330 e. The van der Waals surface area contributed by atoms with E-state index in [1.165, 1.54) is 61.8 Å². The average molecular weight is 1040 g/mol. The summed E-state index contributed by atoms with van der Waals surface area (Å²) in [6.45, 7) is 11.6. The molecule has 3 aromatic carbocycles. The first-order valence-electron chi connectivity index (χ1n) is 26.8. The second-order valence-corrected chi connectivity index (χ2v) is 20.5. The summed E-state index contributed by atoms with van der Waals surface area (Å²) in [7, 11) is 1.41. The maximum absolute atomic E-state index is 13.7. The fourth-order valence-corrected chi connectivity index (χ4v) is 11.0. The molecular weight excluding hydrogens is 956 g/mol. The SMILES string of the molecule is CCCCC/C=C\C/C=C\CCCCCCCCOCCOC1C(OP(OCCC#N)N(C(C)C)C(C)C)[C@@H](COC(c2ccccc2)(c2ccc(OC)cc2)c2ccc(OC)cc2)O[C@H]1n1ccc(=O)[nH]c1=O. The van der Waals surface area contributed by atoms with E-state index in [1.807, 2.05) is 78.9 Å². The van der Waals surface area contributed by atoms with Crippen LogP contribution in [0.5, 0.6) is 11.5 Å². The van der Waals surface area contributed by atoms with Gasteiger partial charge in [0.25, 0.3) is 14.1 Å². The zero-order chi connectivity index (χ0) is 53.0. The predicted octanol–water partition coefficient (Wildman–Crippen LogP) is 12.3. The van der Waals surface area contributed by atoms with Crippen LogP contribution in [0, 0.1) is 11.3 Å². The van der Waals surface area contributed by atoms with Crippen LogP contribution in [-0.4, -0.2) is 91.9 Å². The number of aromatic nitrogens is 2. The summed E-state index contributed by atoms with van der Waals surface area (Å²) >= 11 is 0. The van der Waals surface area contributed by atoms with Crippen molar-refractivity contribution in [1.29, 1.82) is 5.26 Å². The molecule has 0 aliphatic carbocycles. The number of nitrogens with zero attached hydrogens (tertiary/aromatic N) is 3. The first-order valence-corrected chi connectivity index (χ1v) is 27.9. The molecular formula is C59H83N4O10P. The molecule has 1 saturated heterocycles. The molecule has 0 saturated carbocycles. The molecule has 4 aromatic rings. The van der Waals surface area contributed by atoms with E-state index in [0.717, 1.165) is 48.8 Å². The largest absolute Gasteiger partial charge is 0.497 e. The van der Waals surface area contributed by atoms with Crippen LogP contribution in [0.1, 0.15) is 141 Å². The first-order chi connectivity index (χ1) is 36.1. The van der Waals surface area contributed by atoms with Gasteiger partial charge in [-0.2, -0.15) is 5.26 Å². The lowest BCUT2D eigenvalue weighted by Gasteiger charge is -2.39. The molecule has 5 atom stereocenters. The Bertz CT molecular complexity index is 2330. The third kappa shape index (κ3) is 18.1. The highest BCUT2D eigenvalue weighted by molar-refractivity contribution is 7.44. The summed E-state index contributed by atoms with van der Waals surface area (Å²) in [5.41, 5.74) is 0.0447. The van der Waals surface area contributed by atoms with E-state index < -0.39 is 49.9 Å². The number of benzene rings is 3. The third-order valence-electron chi connectivity index (χ3n) is 12.9. The number of ether oxygens (including phenoxy) is 6. The highest BCUT2D eigenvalue weighted by Crippen LogP contribution is 2.51. The minimum Gasteiger partial charge on any atom is -0.497 e. The molecule has 74 heavy (non-hydrogen) atoms. The van der Waals surface area contributed by atoms with E-state index in [0.29, 0.717) is 24.7 Å². The topological polar surface area (TPSA) is 156 Å². The van der Waals surface area contributed by atoms with Crippen molar-refractivity contribution in [2.45, 2.75) is 160 Å². The van der Waals surface area contributed by atoms with Crippen molar-refractivity contribution in [1.82, 2.24) is 14.2 Å². The molecule has 3 unspecified atom stereocenters. The summed E-state index contributed by atoms with van der Waals surface area (Å²) in [4.78, 5) is 28.5. The molecule has 14 nitrogen and oxygen atoms in total. The van der Waals surface area contributed by atoms with E-state index in [2.05, 4.69) is 74.6 Å². The first kappa shape index (κ1) is 59.9. The fraction of sp³-hybridized carbons (Fsp3) is 0.542. The molecule has 1 fully saturated rings. The maximum atomic E-state index is 13.7. The van der Waals surface area contributed by atoms with Crippen molar-refractivity contribution >= 4 is 8.53 Å². The Morgan fingerprint density at radius 2 is 1.32 bits per heavy atom. The Balaban J connectivity index is 1.38. The van der Waals surface area contributed by atoms with Gasteiger partial charge in [-0.15, -0.1) is 0 Å². The van der Waals surface area contributed by atoms with Gasteiger partial charge in [-0.3, -0.25) is 14.3 Å². The number of rotatable bonds is 36. The molecule has 404 valence electrons. The number of H-pyrrole nitrogens is 1. The Morgan fingerprint density at radius 3 is 1.91 bits per heavy atom. The van der Waals surface area contributed by atoms with Crippen molar-refractivity contribution in [3.05, 3.63) is 153 Å². The summed E-state index contributed by atoms with van der Waals surface area (Å²) in [5.74, 6) is 1.37. The van der Waals surface area contributed by atoms with E-state index in [1.54, 1.807) is 14.2 Å². The Kier molecular flexibility index (Phi) is 26.9. The second-order valence-electron chi connectivity index (χ2n) is 19.0. The minimum atomic E-state index is -1.85. The molecule has 15 heteroatoms. The highest BCUT2D eigenvalue weighted by Gasteiger charge is 2.51. The standard InChI is InChI=1S/C59H83N4O10P/c1-8-9-10-11-12-13-14-15-16-17-18-19-20-21-22-26-41-68-43-44-69-56-55(73-74(71-42-27-39-60)63(46(2)3)47(4)5)53(72-57(56)62-40-38-54(64)61-58(62)65)45-70-59(48-28-24-23-25-29-48,49-30-34-51(66-6)35-31-49)50-32-36-52(67-7)37-33-50/h12-13,15-16,23-25,28-38,40,46-47,53,55-57H,8-11,14,17-22,26-27,41-45H2,1-7H3,(H,61,64,65)/b13-12-,16-15-/t53-,55?,56?,57-,74?/m1/s1. The summed E-state index contributed by atoms with van der Waals surface area (Å²) < 4.78 is 55.6. The van der Waals surface area contributed by atoms with Crippen LogP contribution in [0.2, 0.25) is 0 Å². The number of nitrogens with one attached hydrogen (secondary N) is 1. The third-order valence-corrected chi connectivity index (χ3v) is 15.1. The van der Waals surface area contributed by atoms with Gasteiger partial charge < -0.3 is 37.5 Å². The van der Waals surface area contributed by atoms with E-state index in [9.17, 15) is 14.9 Å². The van der Waals surface area contributed by atoms with Gasteiger partial charge >= 0.3 is 5.69 Å². The van der Waals surface area contributed by atoms with Gasteiger partial charge in [0.1, 0.15) is 35.4 Å². The number of hydrogen-bond donors (Lipinski definition) is 1. The molecule has 0 bridgehead atoms. The van der Waals surface area contributed by atoms with Gasteiger partial charge in [0.15, 0.2) is 6.23 Å². The van der Waals surface area contributed by atoms with Crippen molar-refractivity contribution in [2.24, 2.45) is 0 Å². The molecule has 1 aliphatic heterocycles. The number of aromatic amines is 1. The van der Waals surface area contributed by atoms with Gasteiger partial charge in [0.05, 0.1) is 53.1 Å². The number of methoxy groups -OCH3 is 2. The van der Waals surface area contributed by atoms with Crippen LogP contribution in [0.15, 0.2) is 125 Å². The van der Waals surface area contributed by atoms with Crippen molar-refractivity contribution in [3.63, 3.8) is 0 Å². The van der Waals surface area contributed by atoms with Gasteiger partial charge in [0.2, 0.25) is 0 Å². The lowest BCUT2D eigenvalue weighted by atomic mass is 9.80. The molecule has 0 radical (unpaired) electrons. The Hall–Kier alpha value is -4.94. The van der Waals surface area contributed by atoms with E-state index in [-0.39, 0.29) is 38.3 Å². The van der Waals surface area contributed by atoms with Gasteiger partial charge in [-0.25, -0.2) is 9.46 Å². The number of unbranched alkanes of at least 4 members (excludes halogenated alkanes) is 9. The molecule has 2 heterocycles.